The SMILES string of the molecule is CC1(C)c2ccccc2-c2ccc(C3=CC4C(=O)c5cc(-c6ccc7c(c6)C(C)(C)c6ccccc6-7)ccc5[S-](=O)=C4C=C3)cc21. The van der Waals surface area contributed by atoms with Crippen LogP contribution in [0.15, 0.2) is 126 Å². The molecule has 0 bridgehead atoms. The maximum absolute atomic E-state index is 14.2. The van der Waals surface area contributed by atoms with Gasteiger partial charge in [0, 0.05) is 22.3 Å². The Hall–Kier alpha value is -4.73. The topological polar surface area (TPSA) is 34.1 Å². The third kappa shape index (κ3) is 3.67. The molecule has 3 aliphatic carbocycles. The van der Waals surface area contributed by atoms with Crippen molar-refractivity contribution in [1.82, 2.24) is 0 Å². The van der Waals surface area contributed by atoms with Gasteiger partial charge in [-0.2, -0.15) is 0 Å². The predicted octanol–water partition coefficient (Wildman–Crippen LogP) is 9.93. The Morgan fingerprint density at radius 2 is 1.07 bits per heavy atom. The summed E-state index contributed by atoms with van der Waals surface area (Å²) >= 11 is 0. The van der Waals surface area contributed by atoms with E-state index in [1.54, 1.807) is 0 Å². The van der Waals surface area contributed by atoms with Crippen LogP contribution in [0.3, 0.4) is 0 Å². The number of benzene rings is 5. The van der Waals surface area contributed by atoms with Crippen LogP contribution < -0.4 is 0 Å². The molecule has 0 fully saturated rings. The van der Waals surface area contributed by atoms with Gasteiger partial charge in [-0.3, -0.25) is 4.79 Å². The van der Waals surface area contributed by atoms with E-state index in [1.807, 2.05) is 36.4 Å². The van der Waals surface area contributed by atoms with Crippen molar-refractivity contribution < 1.29 is 9.00 Å². The normalized spacial score (nSPS) is 19.5. The Kier molecular flexibility index (Phi) is 5.64. The van der Waals surface area contributed by atoms with Crippen molar-refractivity contribution in [2.24, 2.45) is 5.92 Å². The molecule has 0 amide bonds. The van der Waals surface area contributed by atoms with Gasteiger partial charge in [0.15, 0.2) is 5.78 Å². The molecule has 0 radical (unpaired) electrons. The molecule has 0 spiro atoms. The average Bonchev–Trinajstić information content (AvgIpc) is 3.46. The van der Waals surface area contributed by atoms with Crippen LogP contribution in [0.25, 0.3) is 39.0 Å². The van der Waals surface area contributed by atoms with Crippen LogP contribution in [0, 0.1) is 5.92 Å². The van der Waals surface area contributed by atoms with Crippen molar-refractivity contribution in [3.63, 3.8) is 0 Å². The van der Waals surface area contributed by atoms with Gasteiger partial charge in [0.2, 0.25) is 0 Å². The first-order valence-corrected chi connectivity index (χ1v) is 17.2. The summed E-state index contributed by atoms with van der Waals surface area (Å²) in [6.07, 6.45) is 5.97. The van der Waals surface area contributed by atoms with Gasteiger partial charge >= 0.3 is 0 Å². The summed E-state index contributed by atoms with van der Waals surface area (Å²) in [6.45, 7) is 9.11. The number of hydrogen-bond donors (Lipinski definition) is 0. The highest BCUT2D eigenvalue weighted by Crippen LogP contribution is 2.51. The van der Waals surface area contributed by atoms with Gasteiger partial charge in [-0.15, -0.1) is 9.76 Å². The minimum atomic E-state index is -1.40. The van der Waals surface area contributed by atoms with E-state index in [-0.39, 0.29) is 16.6 Å². The molecular weight excluding hydrogens is 581 g/mol. The van der Waals surface area contributed by atoms with Crippen LogP contribution in [-0.4, -0.2) is 10.6 Å². The average molecular weight is 614 g/mol. The quantitative estimate of drug-likeness (QED) is 0.147. The first kappa shape index (κ1) is 27.6. The molecular formula is C43H33O2S-. The molecule has 1 atom stereocenters. The van der Waals surface area contributed by atoms with Gasteiger partial charge in [-0.25, -0.2) is 10.4 Å². The Bertz CT molecular complexity index is 2360. The number of Topliss-reactive ketones (excluding diaryl/α,β-unsaturated/α-hetero) is 1. The zero-order valence-corrected chi connectivity index (χ0v) is 27.2. The van der Waals surface area contributed by atoms with E-state index in [2.05, 4.69) is 113 Å². The maximum atomic E-state index is 14.2. The van der Waals surface area contributed by atoms with Crippen molar-refractivity contribution in [2.75, 3.05) is 0 Å². The molecule has 5 aromatic rings. The van der Waals surface area contributed by atoms with Crippen molar-refractivity contribution in [3.05, 3.63) is 155 Å². The second-order valence-corrected chi connectivity index (χ2v) is 15.5. The minimum Gasteiger partial charge on any atom is -0.457 e. The smallest absolute Gasteiger partial charge is 0.170 e. The Balaban J connectivity index is 1.09. The number of rotatable bonds is 2. The number of allylic oxidation sites excluding steroid dienone is 4. The van der Waals surface area contributed by atoms with Gasteiger partial charge in [0.1, 0.15) is 0 Å². The number of ketones is 1. The molecule has 0 saturated carbocycles. The first-order chi connectivity index (χ1) is 22.1. The molecule has 2 nitrogen and oxygen atoms in total. The molecule has 9 rings (SSSR count). The van der Waals surface area contributed by atoms with Crippen LogP contribution in [0.4, 0.5) is 0 Å². The van der Waals surface area contributed by atoms with Crippen LogP contribution in [0.2, 0.25) is 0 Å². The van der Waals surface area contributed by atoms with E-state index in [9.17, 15) is 9.00 Å². The molecule has 1 heterocycles. The van der Waals surface area contributed by atoms with Gasteiger partial charge in [-0.1, -0.05) is 131 Å². The molecule has 46 heavy (non-hydrogen) atoms. The van der Waals surface area contributed by atoms with E-state index in [4.69, 9.17) is 0 Å². The van der Waals surface area contributed by atoms with Crippen molar-refractivity contribution in [3.8, 4) is 33.4 Å². The summed E-state index contributed by atoms with van der Waals surface area (Å²) in [4.78, 5) is 15.5. The molecule has 1 unspecified atom stereocenters. The van der Waals surface area contributed by atoms with Crippen LogP contribution in [0.5, 0.6) is 0 Å². The van der Waals surface area contributed by atoms with Crippen molar-refractivity contribution in [1.29, 1.82) is 0 Å². The maximum Gasteiger partial charge on any atom is 0.170 e. The lowest BCUT2D eigenvalue weighted by atomic mass is 9.80. The molecule has 0 N–H and O–H groups in total. The standard InChI is InChI=1S/C43H33O2S/c1-42(2)35-11-7-5-9-29(35)31-17-13-27(23-37(31)42)25-15-19-39-33(21-25)41(44)34-22-26(16-20-40(34)46(39)45)28-14-18-32-30-10-6-8-12-36(30)43(3,4)38(32)24-28/h5-24,33H,1-4H3/q-1. The summed E-state index contributed by atoms with van der Waals surface area (Å²) in [5.74, 6) is -0.536. The van der Waals surface area contributed by atoms with Crippen LogP contribution in [-0.2, 0) is 25.4 Å². The number of carbonyl (C=O) groups excluding carboxylic acids is 1. The first-order valence-electron chi connectivity index (χ1n) is 16.0. The van der Waals surface area contributed by atoms with E-state index >= 15 is 0 Å². The fourth-order valence-electron chi connectivity index (χ4n) is 8.29. The highest BCUT2D eigenvalue weighted by atomic mass is 32.2. The minimum absolute atomic E-state index is 0.0103. The summed E-state index contributed by atoms with van der Waals surface area (Å²) in [5, 5.41) is 0. The Labute approximate surface area is 272 Å². The van der Waals surface area contributed by atoms with Crippen LogP contribution in [0.1, 0.15) is 65.9 Å². The summed E-state index contributed by atoms with van der Waals surface area (Å²) in [5.41, 5.74) is 14.8. The molecule has 4 aliphatic rings. The van der Waals surface area contributed by atoms with Gasteiger partial charge in [0.05, 0.1) is 0 Å². The number of fused-ring (bicyclic) bond motifs is 8. The monoisotopic (exact) mass is 613 g/mol. The fraction of sp³-hybridized carbons (Fsp3) is 0.163. The second kappa shape index (κ2) is 9.40. The Morgan fingerprint density at radius 1 is 0.543 bits per heavy atom. The predicted molar refractivity (Wildman–Crippen MR) is 190 cm³/mol. The lowest BCUT2D eigenvalue weighted by Gasteiger charge is -2.32. The van der Waals surface area contributed by atoms with Crippen molar-refractivity contribution >= 4 is 26.6 Å². The third-order valence-corrected chi connectivity index (χ3v) is 12.4. The summed E-state index contributed by atoms with van der Waals surface area (Å²) in [6, 6.07) is 36.4. The number of hydrogen-bond acceptors (Lipinski definition) is 3. The molecule has 0 saturated heterocycles. The van der Waals surface area contributed by atoms with Gasteiger partial charge in [-0.05, 0) is 85.0 Å². The largest absolute Gasteiger partial charge is 0.457 e. The lowest BCUT2D eigenvalue weighted by molar-refractivity contribution is 0.0969. The summed E-state index contributed by atoms with van der Waals surface area (Å²) in [7, 11) is -1.40. The van der Waals surface area contributed by atoms with E-state index in [0.29, 0.717) is 15.3 Å². The highest BCUT2D eigenvalue weighted by molar-refractivity contribution is 7.85. The fourth-order valence-corrected chi connectivity index (χ4v) is 9.70. The van der Waals surface area contributed by atoms with Crippen LogP contribution >= 0.6 is 0 Å². The Morgan fingerprint density at radius 3 is 1.72 bits per heavy atom. The van der Waals surface area contributed by atoms with E-state index in [0.717, 1.165) is 22.3 Å². The second-order valence-electron chi connectivity index (χ2n) is 14.0. The highest BCUT2D eigenvalue weighted by Gasteiger charge is 2.37. The number of carbonyl (C=O) groups is 1. The molecule has 1 aliphatic heterocycles. The van der Waals surface area contributed by atoms with Gasteiger partial charge < -0.3 is 4.21 Å². The lowest BCUT2D eigenvalue weighted by Crippen LogP contribution is -2.29. The zero-order valence-electron chi connectivity index (χ0n) is 26.3. The van der Waals surface area contributed by atoms with Crippen molar-refractivity contribution in [2.45, 2.75) is 43.4 Å². The third-order valence-electron chi connectivity index (χ3n) is 10.9. The van der Waals surface area contributed by atoms with E-state index in [1.165, 1.54) is 44.5 Å². The molecule has 5 aromatic carbocycles. The molecule has 3 heteroatoms. The molecule has 224 valence electrons. The zero-order chi connectivity index (χ0) is 31.5. The summed E-state index contributed by atoms with van der Waals surface area (Å²) < 4.78 is 13.9. The molecule has 0 aromatic heterocycles. The van der Waals surface area contributed by atoms with Gasteiger partial charge in [0.25, 0.3) is 0 Å². The van der Waals surface area contributed by atoms with E-state index < -0.39 is 16.3 Å².